The molecule has 1 fully saturated rings. The summed E-state index contributed by atoms with van der Waals surface area (Å²) in [5.74, 6) is 0.968. The summed E-state index contributed by atoms with van der Waals surface area (Å²) in [7, 11) is 1.56. The molecule has 0 saturated carbocycles. The number of methoxy groups -OCH3 is 1. The molecule has 8 heteroatoms. The molecule has 1 saturated heterocycles. The first-order valence-electron chi connectivity index (χ1n) is 8.37. The SMILES string of the molecule is COc1c(Br)cc(Br)cc1/C=C1\SC(=O)N(CCOc2ccc(C)cc2)C1=O. The first-order chi connectivity index (χ1) is 13.4. The van der Waals surface area contributed by atoms with E-state index in [9.17, 15) is 9.59 Å². The van der Waals surface area contributed by atoms with Gasteiger partial charge in [0.2, 0.25) is 0 Å². The molecule has 0 bridgehead atoms. The molecule has 0 spiro atoms. The van der Waals surface area contributed by atoms with Crippen LogP contribution in [0.25, 0.3) is 6.08 Å². The molecule has 146 valence electrons. The van der Waals surface area contributed by atoms with Crippen LogP contribution in [-0.2, 0) is 4.79 Å². The molecule has 1 aliphatic rings. The molecule has 2 aromatic rings. The second-order valence-corrected chi connectivity index (χ2v) is 8.77. The smallest absolute Gasteiger partial charge is 0.293 e. The van der Waals surface area contributed by atoms with Crippen LogP contribution in [-0.4, -0.2) is 36.3 Å². The quantitative estimate of drug-likeness (QED) is 0.455. The second kappa shape index (κ2) is 9.15. The van der Waals surface area contributed by atoms with Crippen LogP contribution in [0.1, 0.15) is 11.1 Å². The van der Waals surface area contributed by atoms with Crippen molar-refractivity contribution in [2.45, 2.75) is 6.92 Å². The number of imide groups is 1. The minimum Gasteiger partial charge on any atom is -0.495 e. The van der Waals surface area contributed by atoms with Crippen molar-refractivity contribution in [2.24, 2.45) is 0 Å². The lowest BCUT2D eigenvalue weighted by atomic mass is 10.2. The van der Waals surface area contributed by atoms with Crippen LogP contribution in [0.15, 0.2) is 50.2 Å². The average molecular weight is 527 g/mol. The van der Waals surface area contributed by atoms with Crippen LogP contribution < -0.4 is 9.47 Å². The molecular weight excluding hydrogens is 510 g/mol. The lowest BCUT2D eigenvalue weighted by Gasteiger charge is -2.13. The maximum atomic E-state index is 12.7. The molecule has 0 radical (unpaired) electrons. The largest absolute Gasteiger partial charge is 0.495 e. The molecule has 5 nitrogen and oxygen atoms in total. The number of rotatable bonds is 6. The third-order valence-corrected chi connectivity index (χ3v) is 5.96. The summed E-state index contributed by atoms with van der Waals surface area (Å²) >= 11 is 7.77. The predicted octanol–water partition coefficient (Wildman–Crippen LogP) is 5.64. The van der Waals surface area contributed by atoms with Gasteiger partial charge in [0, 0.05) is 10.0 Å². The normalized spacial score (nSPS) is 15.4. The van der Waals surface area contributed by atoms with Crippen LogP contribution in [0.4, 0.5) is 4.79 Å². The van der Waals surface area contributed by atoms with E-state index in [1.807, 2.05) is 43.3 Å². The van der Waals surface area contributed by atoms with E-state index < -0.39 is 0 Å². The van der Waals surface area contributed by atoms with Crippen molar-refractivity contribution in [3.05, 3.63) is 61.4 Å². The first kappa shape index (κ1) is 21.0. The number of halogens is 2. The van der Waals surface area contributed by atoms with Gasteiger partial charge in [-0.3, -0.25) is 14.5 Å². The number of amides is 2. The van der Waals surface area contributed by atoms with Gasteiger partial charge in [0.05, 0.1) is 23.0 Å². The molecule has 0 unspecified atom stereocenters. The van der Waals surface area contributed by atoms with E-state index in [0.29, 0.717) is 22.0 Å². The van der Waals surface area contributed by atoms with E-state index in [1.165, 1.54) is 4.90 Å². The van der Waals surface area contributed by atoms with E-state index in [2.05, 4.69) is 31.9 Å². The lowest BCUT2D eigenvalue weighted by Crippen LogP contribution is -2.32. The lowest BCUT2D eigenvalue weighted by molar-refractivity contribution is -0.123. The number of thioether (sulfide) groups is 1. The topological polar surface area (TPSA) is 55.8 Å². The van der Waals surface area contributed by atoms with Gasteiger partial charge >= 0.3 is 0 Å². The monoisotopic (exact) mass is 525 g/mol. The molecule has 0 atom stereocenters. The van der Waals surface area contributed by atoms with E-state index in [4.69, 9.17) is 9.47 Å². The Morgan fingerprint density at radius 2 is 1.86 bits per heavy atom. The fraction of sp³-hybridized carbons (Fsp3) is 0.200. The zero-order valence-corrected chi connectivity index (χ0v) is 19.2. The standard InChI is InChI=1S/C20H17Br2NO4S/c1-12-3-5-15(6-4-12)27-8-7-23-19(24)17(28-20(23)25)10-13-9-14(21)11-16(22)18(13)26-2/h3-6,9-11H,7-8H2,1-2H3/b17-10-. The van der Waals surface area contributed by atoms with Gasteiger partial charge in [-0.25, -0.2) is 0 Å². The van der Waals surface area contributed by atoms with Gasteiger partial charge < -0.3 is 9.47 Å². The summed E-state index contributed by atoms with van der Waals surface area (Å²) in [6, 6.07) is 11.3. The average Bonchev–Trinajstić information content (AvgIpc) is 2.90. The fourth-order valence-corrected chi connectivity index (χ4v) is 4.90. The summed E-state index contributed by atoms with van der Waals surface area (Å²) in [5, 5.41) is -0.309. The Balaban J connectivity index is 1.71. The minimum atomic E-state index is -0.333. The van der Waals surface area contributed by atoms with Gasteiger partial charge in [-0.1, -0.05) is 33.6 Å². The van der Waals surface area contributed by atoms with Crippen molar-refractivity contribution < 1.29 is 19.1 Å². The highest BCUT2D eigenvalue weighted by Gasteiger charge is 2.35. The molecule has 0 N–H and O–H groups in total. The molecule has 3 rings (SSSR count). The molecule has 1 heterocycles. The van der Waals surface area contributed by atoms with Crippen LogP contribution in [0.5, 0.6) is 11.5 Å². The molecule has 0 aromatic heterocycles. The van der Waals surface area contributed by atoms with Crippen LogP contribution in [0, 0.1) is 6.92 Å². The Bertz CT molecular complexity index is 944. The summed E-state index contributed by atoms with van der Waals surface area (Å²) in [6.45, 7) is 2.42. The van der Waals surface area contributed by atoms with Crippen molar-refractivity contribution in [2.75, 3.05) is 20.3 Å². The van der Waals surface area contributed by atoms with Gasteiger partial charge in [-0.15, -0.1) is 0 Å². The van der Waals surface area contributed by atoms with Gasteiger partial charge in [-0.2, -0.15) is 0 Å². The fourth-order valence-electron chi connectivity index (χ4n) is 2.63. The van der Waals surface area contributed by atoms with Gasteiger partial charge in [-0.05, 0) is 65.0 Å². The van der Waals surface area contributed by atoms with Crippen LogP contribution in [0.2, 0.25) is 0 Å². The van der Waals surface area contributed by atoms with Crippen LogP contribution >= 0.6 is 43.6 Å². The van der Waals surface area contributed by atoms with E-state index in [-0.39, 0.29) is 24.3 Å². The summed E-state index contributed by atoms with van der Waals surface area (Å²) in [5.41, 5.74) is 1.84. The Labute approximate surface area is 184 Å². The second-order valence-electron chi connectivity index (χ2n) is 6.00. The maximum Gasteiger partial charge on any atom is 0.293 e. The van der Waals surface area contributed by atoms with Crippen LogP contribution in [0.3, 0.4) is 0 Å². The van der Waals surface area contributed by atoms with E-state index in [1.54, 1.807) is 13.2 Å². The molecular formula is C20H17Br2NO4S. The molecule has 1 aliphatic heterocycles. The number of ether oxygens (including phenoxy) is 2. The summed E-state index contributed by atoms with van der Waals surface area (Å²) in [6.07, 6.45) is 1.67. The molecule has 0 aliphatic carbocycles. The highest BCUT2D eigenvalue weighted by molar-refractivity contribution is 9.11. The number of hydrogen-bond donors (Lipinski definition) is 0. The Kier molecular flexibility index (Phi) is 6.85. The van der Waals surface area contributed by atoms with Crippen molar-refractivity contribution in [3.63, 3.8) is 0 Å². The molecule has 28 heavy (non-hydrogen) atoms. The van der Waals surface area contributed by atoms with E-state index in [0.717, 1.165) is 26.3 Å². The summed E-state index contributed by atoms with van der Waals surface area (Å²) < 4.78 is 12.6. The maximum absolute atomic E-state index is 12.7. The number of nitrogens with zero attached hydrogens (tertiary/aromatic N) is 1. The Morgan fingerprint density at radius 3 is 2.54 bits per heavy atom. The Morgan fingerprint density at radius 1 is 1.14 bits per heavy atom. The van der Waals surface area contributed by atoms with Gasteiger partial charge in [0.15, 0.2) is 0 Å². The number of hydrogen-bond acceptors (Lipinski definition) is 5. The number of benzene rings is 2. The zero-order chi connectivity index (χ0) is 20.3. The first-order valence-corrected chi connectivity index (χ1v) is 10.8. The third kappa shape index (κ3) is 4.79. The summed E-state index contributed by atoms with van der Waals surface area (Å²) in [4.78, 5) is 26.5. The third-order valence-electron chi connectivity index (χ3n) is 4.01. The van der Waals surface area contributed by atoms with Gasteiger partial charge in [0.1, 0.15) is 18.1 Å². The zero-order valence-electron chi connectivity index (χ0n) is 15.2. The Hall–Kier alpha value is -1.77. The molecule has 2 aromatic carbocycles. The highest BCUT2D eigenvalue weighted by atomic mass is 79.9. The minimum absolute atomic E-state index is 0.190. The van der Waals surface area contributed by atoms with Crippen molar-refractivity contribution in [1.82, 2.24) is 4.90 Å². The number of carbonyl (C=O) groups is 2. The van der Waals surface area contributed by atoms with E-state index >= 15 is 0 Å². The number of carbonyl (C=O) groups excluding carboxylic acids is 2. The molecule has 2 amide bonds. The highest BCUT2D eigenvalue weighted by Crippen LogP contribution is 2.38. The number of aryl methyl sites for hydroxylation is 1. The van der Waals surface area contributed by atoms with Crippen molar-refractivity contribution >= 4 is 60.8 Å². The predicted molar refractivity (Wildman–Crippen MR) is 118 cm³/mol. The van der Waals surface area contributed by atoms with Crippen molar-refractivity contribution in [1.29, 1.82) is 0 Å². The van der Waals surface area contributed by atoms with Crippen molar-refractivity contribution in [3.8, 4) is 11.5 Å². The van der Waals surface area contributed by atoms with Gasteiger partial charge in [0.25, 0.3) is 11.1 Å².